The lowest BCUT2D eigenvalue weighted by Gasteiger charge is -2.16. The molecule has 4 nitrogen and oxygen atoms in total. The first-order valence-electron chi connectivity index (χ1n) is 6.72. The van der Waals surface area contributed by atoms with Crippen molar-refractivity contribution in [1.82, 2.24) is 4.90 Å². The maximum atomic E-state index is 12.1. The van der Waals surface area contributed by atoms with Crippen LogP contribution in [-0.4, -0.2) is 37.0 Å². The highest BCUT2D eigenvalue weighted by Gasteiger charge is 2.19. The number of carbonyl (C=O) groups excluding carboxylic acids is 3. The van der Waals surface area contributed by atoms with E-state index in [0.717, 1.165) is 11.8 Å². The van der Waals surface area contributed by atoms with Crippen LogP contribution < -0.4 is 0 Å². The molecule has 0 heterocycles. The van der Waals surface area contributed by atoms with Crippen molar-refractivity contribution in [3.63, 3.8) is 0 Å². The molecule has 0 aliphatic carbocycles. The van der Waals surface area contributed by atoms with Crippen LogP contribution in [-0.2, 0) is 16.0 Å². The number of rotatable bonds is 7. The third-order valence-electron chi connectivity index (χ3n) is 3.18. The van der Waals surface area contributed by atoms with E-state index in [0.29, 0.717) is 18.4 Å². The van der Waals surface area contributed by atoms with Crippen molar-refractivity contribution in [2.24, 2.45) is 5.92 Å². The first kappa shape index (κ1) is 16.1. The fraction of sp³-hybridized carbons (Fsp3) is 0.438. The Balaban J connectivity index is 2.63. The van der Waals surface area contributed by atoms with Gasteiger partial charge < -0.3 is 9.69 Å². The molecule has 108 valence electrons. The molecule has 0 radical (unpaired) electrons. The van der Waals surface area contributed by atoms with Gasteiger partial charge in [0.25, 0.3) is 0 Å². The van der Waals surface area contributed by atoms with Gasteiger partial charge in [0, 0.05) is 38.4 Å². The topological polar surface area (TPSA) is 54.5 Å². The maximum absolute atomic E-state index is 12.1. The molecule has 1 rings (SSSR count). The molecule has 0 N–H and O–H groups in total. The summed E-state index contributed by atoms with van der Waals surface area (Å²) in [5, 5.41) is 0. The second kappa shape index (κ2) is 7.58. The average molecular weight is 275 g/mol. The van der Waals surface area contributed by atoms with Crippen molar-refractivity contribution in [3.05, 3.63) is 35.4 Å². The molecular weight excluding hydrogens is 254 g/mol. The van der Waals surface area contributed by atoms with Gasteiger partial charge >= 0.3 is 0 Å². The number of aldehydes is 1. The van der Waals surface area contributed by atoms with Gasteiger partial charge in [-0.15, -0.1) is 0 Å². The van der Waals surface area contributed by atoms with Crippen LogP contribution in [0.2, 0.25) is 0 Å². The van der Waals surface area contributed by atoms with Gasteiger partial charge in [-0.1, -0.05) is 31.2 Å². The van der Waals surface area contributed by atoms with Gasteiger partial charge in [0.15, 0.2) is 5.78 Å². The summed E-state index contributed by atoms with van der Waals surface area (Å²) in [4.78, 5) is 35.6. The number of carbonyl (C=O) groups is 3. The third kappa shape index (κ3) is 4.61. The van der Waals surface area contributed by atoms with Crippen molar-refractivity contribution >= 4 is 18.0 Å². The minimum Gasteiger partial charge on any atom is -0.349 e. The van der Waals surface area contributed by atoms with Gasteiger partial charge in [-0.2, -0.15) is 0 Å². The smallest absolute Gasteiger partial charge is 0.225 e. The normalized spacial score (nSPS) is 11.8. The molecule has 0 fully saturated rings. The lowest BCUT2D eigenvalue weighted by atomic mass is 9.97. The molecule has 1 atom stereocenters. The van der Waals surface area contributed by atoms with E-state index in [-0.39, 0.29) is 24.0 Å². The highest BCUT2D eigenvalue weighted by Crippen LogP contribution is 2.13. The van der Waals surface area contributed by atoms with E-state index in [4.69, 9.17) is 0 Å². The fourth-order valence-corrected chi connectivity index (χ4v) is 2.01. The number of ketones is 1. The van der Waals surface area contributed by atoms with Crippen LogP contribution in [0.3, 0.4) is 0 Å². The Hall–Kier alpha value is -1.97. The number of hydrogen-bond acceptors (Lipinski definition) is 3. The summed E-state index contributed by atoms with van der Waals surface area (Å²) < 4.78 is 0. The summed E-state index contributed by atoms with van der Waals surface area (Å²) in [6, 6.07) is 7.23. The lowest BCUT2D eigenvalue weighted by molar-refractivity contribution is -0.132. The van der Waals surface area contributed by atoms with Crippen LogP contribution in [0, 0.1) is 5.92 Å². The standard InChI is InChI=1S/C16H21NO3/c1-12(16(20)17(2)3)11-15(19)14-8-6-13(7-9-14)5-4-10-18/h6-10,12H,4-5,11H2,1-3H3. The van der Waals surface area contributed by atoms with Crippen molar-refractivity contribution in [1.29, 1.82) is 0 Å². The van der Waals surface area contributed by atoms with Crippen molar-refractivity contribution in [3.8, 4) is 0 Å². The number of Topliss-reactive ketones (excluding diaryl/α,β-unsaturated/α-hetero) is 1. The molecule has 0 saturated carbocycles. The highest BCUT2D eigenvalue weighted by molar-refractivity contribution is 5.98. The van der Waals surface area contributed by atoms with Crippen molar-refractivity contribution in [2.75, 3.05) is 14.1 Å². The Morgan fingerprint density at radius 2 is 1.80 bits per heavy atom. The average Bonchev–Trinajstić information content (AvgIpc) is 2.44. The quantitative estimate of drug-likeness (QED) is 0.565. The SMILES string of the molecule is CC(CC(=O)c1ccc(CCC=O)cc1)C(=O)N(C)C. The van der Waals surface area contributed by atoms with Gasteiger partial charge in [0.1, 0.15) is 6.29 Å². The van der Waals surface area contributed by atoms with Gasteiger partial charge in [-0.05, 0) is 12.0 Å². The maximum Gasteiger partial charge on any atom is 0.225 e. The number of hydrogen-bond donors (Lipinski definition) is 0. The minimum atomic E-state index is -0.313. The van der Waals surface area contributed by atoms with Crippen LogP contribution >= 0.6 is 0 Å². The molecule has 0 saturated heterocycles. The first-order chi connectivity index (χ1) is 9.45. The van der Waals surface area contributed by atoms with Gasteiger partial charge in [-0.25, -0.2) is 0 Å². The molecule has 0 spiro atoms. The number of aryl methyl sites for hydroxylation is 1. The van der Waals surface area contributed by atoms with Crippen LogP contribution in [0.5, 0.6) is 0 Å². The minimum absolute atomic E-state index is 0.0327. The van der Waals surface area contributed by atoms with Crippen LogP contribution in [0.4, 0.5) is 0 Å². The molecule has 1 aromatic rings. The largest absolute Gasteiger partial charge is 0.349 e. The molecule has 0 bridgehead atoms. The zero-order valence-electron chi connectivity index (χ0n) is 12.3. The van der Waals surface area contributed by atoms with Gasteiger partial charge in [0.05, 0.1) is 0 Å². The summed E-state index contributed by atoms with van der Waals surface area (Å²) in [7, 11) is 3.37. The summed E-state index contributed by atoms with van der Waals surface area (Å²) >= 11 is 0. The highest BCUT2D eigenvalue weighted by atomic mass is 16.2. The zero-order valence-corrected chi connectivity index (χ0v) is 12.3. The fourth-order valence-electron chi connectivity index (χ4n) is 2.01. The van der Waals surface area contributed by atoms with Crippen LogP contribution in [0.15, 0.2) is 24.3 Å². The van der Waals surface area contributed by atoms with Gasteiger partial charge in [-0.3, -0.25) is 9.59 Å². The molecule has 20 heavy (non-hydrogen) atoms. The Labute approximate surface area is 119 Å². The first-order valence-corrected chi connectivity index (χ1v) is 6.72. The molecule has 0 aliphatic heterocycles. The Morgan fingerprint density at radius 3 is 2.30 bits per heavy atom. The van der Waals surface area contributed by atoms with Crippen molar-refractivity contribution < 1.29 is 14.4 Å². The summed E-state index contributed by atoms with van der Waals surface area (Å²) in [6.45, 7) is 1.76. The number of amides is 1. The summed E-state index contributed by atoms with van der Waals surface area (Å²) in [5.41, 5.74) is 1.64. The van der Waals surface area contributed by atoms with Crippen molar-refractivity contribution in [2.45, 2.75) is 26.2 Å². The molecule has 0 aromatic heterocycles. The molecule has 0 aliphatic rings. The monoisotopic (exact) mass is 275 g/mol. The van der Waals surface area contributed by atoms with E-state index in [2.05, 4.69) is 0 Å². The van der Waals surface area contributed by atoms with E-state index in [1.54, 1.807) is 33.2 Å². The zero-order chi connectivity index (χ0) is 15.1. The van der Waals surface area contributed by atoms with E-state index in [1.165, 1.54) is 4.90 Å². The van der Waals surface area contributed by atoms with Crippen LogP contribution in [0.1, 0.15) is 35.7 Å². The van der Waals surface area contributed by atoms with E-state index < -0.39 is 0 Å². The Kier molecular flexibility index (Phi) is 6.10. The summed E-state index contributed by atoms with van der Waals surface area (Å²) in [6.07, 6.45) is 2.27. The predicted octanol–water partition coefficient (Wildman–Crippen LogP) is 2.12. The molecule has 1 aromatic carbocycles. The summed E-state index contributed by atoms with van der Waals surface area (Å²) in [5.74, 6) is -0.386. The lowest BCUT2D eigenvalue weighted by Crippen LogP contribution is -2.29. The Morgan fingerprint density at radius 1 is 1.20 bits per heavy atom. The van der Waals surface area contributed by atoms with Crippen LogP contribution in [0.25, 0.3) is 0 Å². The second-order valence-corrected chi connectivity index (χ2v) is 5.16. The molecule has 1 unspecified atom stereocenters. The number of benzene rings is 1. The van der Waals surface area contributed by atoms with Gasteiger partial charge in [0.2, 0.25) is 5.91 Å². The second-order valence-electron chi connectivity index (χ2n) is 5.16. The molecule has 1 amide bonds. The third-order valence-corrected chi connectivity index (χ3v) is 3.18. The van der Waals surface area contributed by atoms with E-state index in [9.17, 15) is 14.4 Å². The number of nitrogens with zero attached hydrogens (tertiary/aromatic N) is 1. The molecular formula is C16H21NO3. The van der Waals surface area contributed by atoms with E-state index in [1.807, 2.05) is 12.1 Å². The predicted molar refractivity (Wildman–Crippen MR) is 77.6 cm³/mol. The Bertz CT molecular complexity index is 477. The molecule has 4 heteroatoms. The van der Waals surface area contributed by atoms with E-state index >= 15 is 0 Å².